The van der Waals surface area contributed by atoms with Gasteiger partial charge >= 0.3 is 6.03 Å². The van der Waals surface area contributed by atoms with Crippen LogP contribution in [0.5, 0.6) is 0 Å². The summed E-state index contributed by atoms with van der Waals surface area (Å²) in [7, 11) is 0. The topological polar surface area (TPSA) is 67.2 Å². The lowest BCUT2D eigenvalue weighted by molar-refractivity contribution is -0.131. The molecule has 1 aliphatic carbocycles. The smallest absolute Gasteiger partial charge is 0.325 e. The van der Waals surface area contributed by atoms with Crippen LogP contribution in [0.25, 0.3) is 0 Å². The summed E-state index contributed by atoms with van der Waals surface area (Å²) in [6.07, 6.45) is 7.69. The van der Waals surface area contributed by atoms with Gasteiger partial charge in [0.2, 0.25) is 0 Å². The fraction of sp³-hybridized carbons (Fsp3) is 0.450. The standard InChI is InChI=1S/C20H24N4O2/c1-14-21-9-12-23(14)10-4-11-24-18(25)20(2,22-19(24)26)17-8-7-15-5-3-6-16(15)13-17/h7-9,12-13H,3-6,10-11H2,1-2H3,(H,22,26). The molecule has 0 radical (unpaired) electrons. The maximum Gasteiger partial charge on any atom is 0.325 e. The summed E-state index contributed by atoms with van der Waals surface area (Å²) in [5.74, 6) is 0.771. The van der Waals surface area contributed by atoms with Crippen molar-refractivity contribution in [1.82, 2.24) is 19.8 Å². The summed E-state index contributed by atoms with van der Waals surface area (Å²) in [5, 5.41) is 2.91. The van der Waals surface area contributed by atoms with Crippen molar-refractivity contribution in [3.63, 3.8) is 0 Å². The first-order valence-electron chi connectivity index (χ1n) is 9.23. The summed E-state index contributed by atoms with van der Waals surface area (Å²) in [6.45, 7) is 4.89. The van der Waals surface area contributed by atoms with Gasteiger partial charge in [0.25, 0.3) is 5.91 Å². The minimum Gasteiger partial charge on any atom is -0.335 e. The average molecular weight is 352 g/mol. The molecule has 0 saturated carbocycles. The Balaban J connectivity index is 1.48. The number of imidazole rings is 1. The summed E-state index contributed by atoms with van der Waals surface area (Å²) in [4.78, 5) is 31.0. The lowest BCUT2D eigenvalue weighted by Crippen LogP contribution is -2.41. The highest BCUT2D eigenvalue weighted by atomic mass is 16.2. The lowest BCUT2D eigenvalue weighted by atomic mass is 9.89. The van der Waals surface area contributed by atoms with Gasteiger partial charge in [-0.1, -0.05) is 18.2 Å². The second-order valence-electron chi connectivity index (χ2n) is 7.37. The third-order valence-corrected chi connectivity index (χ3v) is 5.66. The number of hydrogen-bond acceptors (Lipinski definition) is 3. The number of nitrogens with one attached hydrogen (secondary N) is 1. The number of aryl methyl sites for hydroxylation is 4. The number of fused-ring (bicyclic) bond motifs is 1. The Morgan fingerprint density at radius 3 is 2.77 bits per heavy atom. The first kappa shape index (κ1) is 16.8. The highest BCUT2D eigenvalue weighted by Crippen LogP contribution is 2.32. The highest BCUT2D eigenvalue weighted by molar-refractivity contribution is 6.07. The maximum atomic E-state index is 13.0. The van der Waals surface area contributed by atoms with Crippen LogP contribution in [0.1, 0.15) is 42.3 Å². The van der Waals surface area contributed by atoms with Crippen LogP contribution in [-0.2, 0) is 29.7 Å². The second kappa shape index (κ2) is 6.27. The van der Waals surface area contributed by atoms with Crippen LogP contribution in [0.15, 0.2) is 30.6 Å². The number of carbonyl (C=O) groups is 2. The van der Waals surface area contributed by atoms with E-state index in [4.69, 9.17) is 0 Å². The van der Waals surface area contributed by atoms with Gasteiger partial charge in [-0.25, -0.2) is 9.78 Å². The summed E-state index contributed by atoms with van der Waals surface area (Å²) < 4.78 is 2.03. The molecule has 1 saturated heterocycles. The van der Waals surface area contributed by atoms with Crippen molar-refractivity contribution >= 4 is 11.9 Å². The predicted octanol–water partition coefficient (Wildman–Crippen LogP) is 2.54. The van der Waals surface area contributed by atoms with E-state index in [1.165, 1.54) is 16.0 Å². The van der Waals surface area contributed by atoms with E-state index in [9.17, 15) is 9.59 Å². The number of aromatic nitrogens is 2. The average Bonchev–Trinajstić information content (AvgIpc) is 3.30. The molecule has 4 rings (SSSR count). The molecule has 6 heteroatoms. The SMILES string of the molecule is Cc1nccn1CCCN1C(=O)NC(C)(c2ccc3c(c2)CCC3)C1=O. The Bertz CT molecular complexity index is 872. The van der Waals surface area contributed by atoms with E-state index in [0.29, 0.717) is 13.0 Å². The van der Waals surface area contributed by atoms with E-state index < -0.39 is 5.54 Å². The normalized spacial score (nSPS) is 22.0. The molecule has 1 unspecified atom stereocenters. The van der Waals surface area contributed by atoms with Crippen molar-refractivity contribution in [1.29, 1.82) is 0 Å². The summed E-state index contributed by atoms with van der Waals surface area (Å²) >= 11 is 0. The largest absolute Gasteiger partial charge is 0.335 e. The quantitative estimate of drug-likeness (QED) is 0.841. The van der Waals surface area contributed by atoms with Gasteiger partial charge in [0.05, 0.1) is 0 Å². The molecular formula is C20H24N4O2. The molecule has 136 valence electrons. The molecule has 6 nitrogen and oxygen atoms in total. The van der Waals surface area contributed by atoms with Crippen LogP contribution in [-0.4, -0.2) is 32.9 Å². The monoisotopic (exact) mass is 352 g/mol. The van der Waals surface area contributed by atoms with Crippen LogP contribution in [0.4, 0.5) is 4.79 Å². The molecule has 1 aromatic heterocycles. The van der Waals surface area contributed by atoms with Gasteiger partial charge < -0.3 is 9.88 Å². The van der Waals surface area contributed by atoms with E-state index in [1.807, 2.05) is 30.7 Å². The number of benzene rings is 1. The van der Waals surface area contributed by atoms with E-state index in [-0.39, 0.29) is 11.9 Å². The molecule has 3 amide bonds. The van der Waals surface area contributed by atoms with Gasteiger partial charge in [0.15, 0.2) is 0 Å². The molecule has 0 bridgehead atoms. The first-order chi connectivity index (χ1) is 12.5. The van der Waals surface area contributed by atoms with Gasteiger partial charge in [-0.2, -0.15) is 0 Å². The minimum absolute atomic E-state index is 0.164. The van der Waals surface area contributed by atoms with Gasteiger partial charge in [-0.3, -0.25) is 9.69 Å². The van der Waals surface area contributed by atoms with Crippen LogP contribution < -0.4 is 5.32 Å². The molecular weight excluding hydrogens is 328 g/mol. The Hall–Kier alpha value is -2.63. The van der Waals surface area contributed by atoms with Crippen LogP contribution in [0, 0.1) is 6.92 Å². The minimum atomic E-state index is -0.973. The molecule has 2 heterocycles. The molecule has 1 fully saturated rings. The maximum absolute atomic E-state index is 13.0. The van der Waals surface area contributed by atoms with Gasteiger partial charge in [0.1, 0.15) is 11.4 Å². The molecule has 1 N–H and O–H groups in total. The number of amides is 3. The Kier molecular flexibility index (Phi) is 4.05. The molecule has 1 aliphatic heterocycles. The zero-order chi connectivity index (χ0) is 18.3. The van der Waals surface area contributed by atoms with Gasteiger partial charge in [-0.05, 0) is 56.2 Å². The fourth-order valence-corrected chi connectivity index (χ4v) is 4.02. The van der Waals surface area contributed by atoms with Crippen molar-refractivity contribution in [3.05, 3.63) is 53.1 Å². The first-order valence-corrected chi connectivity index (χ1v) is 9.23. The third-order valence-electron chi connectivity index (χ3n) is 5.66. The van der Waals surface area contributed by atoms with E-state index in [1.54, 1.807) is 6.20 Å². The zero-order valence-electron chi connectivity index (χ0n) is 15.3. The molecule has 0 spiro atoms. The van der Waals surface area contributed by atoms with Crippen LogP contribution in [0.3, 0.4) is 0 Å². The number of imide groups is 1. The van der Waals surface area contributed by atoms with Crippen molar-refractivity contribution in [2.24, 2.45) is 0 Å². The molecule has 1 atom stereocenters. The van der Waals surface area contributed by atoms with Crippen molar-refractivity contribution in [3.8, 4) is 0 Å². The highest BCUT2D eigenvalue weighted by Gasteiger charge is 2.48. The fourth-order valence-electron chi connectivity index (χ4n) is 4.02. The summed E-state index contributed by atoms with van der Waals surface area (Å²) in [5.41, 5.74) is 2.57. The zero-order valence-corrected chi connectivity index (χ0v) is 15.3. The van der Waals surface area contributed by atoms with Gasteiger partial charge in [0, 0.05) is 25.5 Å². The number of hydrogen-bond donors (Lipinski definition) is 1. The van der Waals surface area contributed by atoms with Crippen molar-refractivity contribution < 1.29 is 9.59 Å². The van der Waals surface area contributed by atoms with Crippen LogP contribution in [0.2, 0.25) is 0 Å². The third kappa shape index (κ3) is 2.69. The van der Waals surface area contributed by atoms with Crippen molar-refractivity contribution in [2.45, 2.75) is 51.6 Å². The number of carbonyl (C=O) groups excluding carboxylic acids is 2. The van der Waals surface area contributed by atoms with E-state index in [2.05, 4.69) is 22.4 Å². The molecule has 1 aromatic carbocycles. The number of nitrogens with zero attached hydrogens (tertiary/aromatic N) is 3. The number of rotatable bonds is 5. The second-order valence-corrected chi connectivity index (χ2v) is 7.37. The predicted molar refractivity (Wildman–Crippen MR) is 97.6 cm³/mol. The number of urea groups is 1. The molecule has 26 heavy (non-hydrogen) atoms. The molecule has 2 aliphatic rings. The van der Waals surface area contributed by atoms with E-state index >= 15 is 0 Å². The molecule has 2 aromatic rings. The van der Waals surface area contributed by atoms with Gasteiger partial charge in [-0.15, -0.1) is 0 Å². The Morgan fingerprint density at radius 1 is 1.19 bits per heavy atom. The van der Waals surface area contributed by atoms with Crippen LogP contribution >= 0.6 is 0 Å². The summed E-state index contributed by atoms with van der Waals surface area (Å²) in [6, 6.07) is 5.88. The van der Waals surface area contributed by atoms with Crippen molar-refractivity contribution in [2.75, 3.05) is 6.54 Å². The Labute approximate surface area is 153 Å². The van der Waals surface area contributed by atoms with E-state index in [0.717, 1.165) is 37.2 Å². The lowest BCUT2D eigenvalue weighted by Gasteiger charge is -2.23. The Morgan fingerprint density at radius 2 is 2.00 bits per heavy atom.